The van der Waals surface area contributed by atoms with Gasteiger partial charge in [0.05, 0.1) is 11.1 Å². The van der Waals surface area contributed by atoms with E-state index in [9.17, 15) is 10.1 Å². The molecule has 0 radical (unpaired) electrons. The summed E-state index contributed by atoms with van der Waals surface area (Å²) >= 11 is 0. The van der Waals surface area contributed by atoms with E-state index in [0.717, 1.165) is 32.7 Å². The lowest BCUT2D eigenvalue weighted by Crippen LogP contribution is -2.46. The number of piperazine rings is 1. The van der Waals surface area contributed by atoms with Gasteiger partial charge in [-0.3, -0.25) is 15.0 Å². The SMILES string of the molecule is NN=Cc1ccc(N2CCN(Cc3ccccc3)CC2)c([N+](=O)[O-])c1. The van der Waals surface area contributed by atoms with Gasteiger partial charge in [-0.2, -0.15) is 5.10 Å². The Bertz CT molecular complexity index is 755. The van der Waals surface area contributed by atoms with Crippen LogP contribution in [0.25, 0.3) is 0 Å². The van der Waals surface area contributed by atoms with E-state index in [-0.39, 0.29) is 10.6 Å². The number of nitro groups is 1. The lowest BCUT2D eigenvalue weighted by molar-refractivity contribution is -0.384. The van der Waals surface area contributed by atoms with Gasteiger partial charge >= 0.3 is 0 Å². The van der Waals surface area contributed by atoms with Crippen molar-refractivity contribution >= 4 is 17.6 Å². The molecule has 130 valence electrons. The van der Waals surface area contributed by atoms with Crippen molar-refractivity contribution in [1.29, 1.82) is 0 Å². The Morgan fingerprint density at radius 2 is 1.84 bits per heavy atom. The van der Waals surface area contributed by atoms with E-state index in [1.165, 1.54) is 17.8 Å². The number of hydrazone groups is 1. The van der Waals surface area contributed by atoms with Gasteiger partial charge in [0.1, 0.15) is 5.69 Å². The van der Waals surface area contributed by atoms with E-state index in [1.54, 1.807) is 12.1 Å². The van der Waals surface area contributed by atoms with Crippen LogP contribution in [0.2, 0.25) is 0 Å². The second-order valence-electron chi connectivity index (χ2n) is 6.03. The number of rotatable bonds is 5. The van der Waals surface area contributed by atoms with Crippen LogP contribution in [-0.2, 0) is 6.54 Å². The van der Waals surface area contributed by atoms with Crippen molar-refractivity contribution in [2.24, 2.45) is 10.9 Å². The van der Waals surface area contributed by atoms with Gasteiger partial charge in [-0.1, -0.05) is 36.4 Å². The maximum atomic E-state index is 11.4. The van der Waals surface area contributed by atoms with E-state index >= 15 is 0 Å². The highest BCUT2D eigenvalue weighted by Gasteiger charge is 2.24. The van der Waals surface area contributed by atoms with Crippen LogP contribution in [0.15, 0.2) is 53.6 Å². The van der Waals surface area contributed by atoms with Gasteiger partial charge in [-0.05, 0) is 11.6 Å². The van der Waals surface area contributed by atoms with E-state index < -0.39 is 0 Å². The molecule has 2 N–H and O–H groups in total. The standard InChI is InChI=1S/C18H21N5O2/c19-20-13-16-6-7-17(18(12-16)23(24)25)22-10-8-21(9-11-22)14-15-4-2-1-3-5-15/h1-7,12-13H,8-11,14,19H2. The van der Waals surface area contributed by atoms with Gasteiger partial charge in [-0.15, -0.1) is 0 Å². The molecular formula is C18H21N5O2. The zero-order chi connectivity index (χ0) is 17.6. The summed E-state index contributed by atoms with van der Waals surface area (Å²) in [6.07, 6.45) is 1.41. The molecule has 2 aromatic carbocycles. The molecule has 0 aliphatic carbocycles. The van der Waals surface area contributed by atoms with Crippen molar-refractivity contribution in [2.75, 3.05) is 31.1 Å². The Hall–Kier alpha value is -2.93. The third-order valence-electron chi connectivity index (χ3n) is 4.38. The van der Waals surface area contributed by atoms with Crippen molar-refractivity contribution in [3.63, 3.8) is 0 Å². The van der Waals surface area contributed by atoms with Crippen LogP contribution in [0.1, 0.15) is 11.1 Å². The van der Waals surface area contributed by atoms with Gasteiger partial charge in [0.25, 0.3) is 5.69 Å². The summed E-state index contributed by atoms with van der Waals surface area (Å²) in [4.78, 5) is 15.5. The summed E-state index contributed by atoms with van der Waals surface area (Å²) in [6.45, 7) is 4.18. The van der Waals surface area contributed by atoms with Gasteiger partial charge < -0.3 is 10.7 Å². The predicted molar refractivity (Wildman–Crippen MR) is 98.8 cm³/mol. The van der Waals surface area contributed by atoms with Crippen LogP contribution >= 0.6 is 0 Å². The number of hydrogen-bond donors (Lipinski definition) is 1. The summed E-state index contributed by atoms with van der Waals surface area (Å²) in [5.74, 6) is 5.13. The summed E-state index contributed by atoms with van der Waals surface area (Å²) in [6, 6.07) is 15.4. The first-order chi connectivity index (χ1) is 12.2. The second kappa shape index (κ2) is 7.76. The number of nitrogens with zero attached hydrogens (tertiary/aromatic N) is 4. The molecule has 0 atom stereocenters. The van der Waals surface area contributed by atoms with Crippen LogP contribution in [0.5, 0.6) is 0 Å². The third kappa shape index (κ3) is 4.13. The first-order valence-corrected chi connectivity index (χ1v) is 8.20. The van der Waals surface area contributed by atoms with Crippen LogP contribution < -0.4 is 10.7 Å². The number of hydrogen-bond acceptors (Lipinski definition) is 6. The molecule has 1 fully saturated rings. The van der Waals surface area contributed by atoms with Crippen LogP contribution in [0, 0.1) is 10.1 Å². The van der Waals surface area contributed by atoms with Gasteiger partial charge in [0, 0.05) is 44.4 Å². The van der Waals surface area contributed by atoms with Crippen molar-refractivity contribution in [3.8, 4) is 0 Å². The molecular weight excluding hydrogens is 318 g/mol. The summed E-state index contributed by atoms with van der Waals surface area (Å²) in [5, 5.41) is 14.8. The number of nitro benzene ring substituents is 1. The number of nitrogens with two attached hydrogens (primary N) is 1. The summed E-state index contributed by atoms with van der Waals surface area (Å²) in [5.41, 5.74) is 2.65. The maximum Gasteiger partial charge on any atom is 0.293 e. The first-order valence-electron chi connectivity index (χ1n) is 8.20. The van der Waals surface area contributed by atoms with E-state index in [4.69, 9.17) is 5.84 Å². The molecule has 0 bridgehead atoms. The van der Waals surface area contributed by atoms with Crippen molar-refractivity contribution in [2.45, 2.75) is 6.54 Å². The summed E-state index contributed by atoms with van der Waals surface area (Å²) < 4.78 is 0. The predicted octanol–water partition coefficient (Wildman–Crippen LogP) is 2.21. The molecule has 7 nitrogen and oxygen atoms in total. The molecule has 1 aliphatic rings. The van der Waals surface area contributed by atoms with Crippen LogP contribution in [0.3, 0.4) is 0 Å². The monoisotopic (exact) mass is 339 g/mol. The third-order valence-corrected chi connectivity index (χ3v) is 4.38. The minimum atomic E-state index is -0.348. The van der Waals surface area contributed by atoms with Crippen molar-refractivity contribution in [1.82, 2.24) is 4.90 Å². The highest BCUT2D eigenvalue weighted by molar-refractivity contribution is 5.83. The van der Waals surface area contributed by atoms with E-state index in [1.807, 2.05) is 18.2 Å². The fourth-order valence-corrected chi connectivity index (χ4v) is 3.11. The average Bonchev–Trinajstić information content (AvgIpc) is 2.63. The second-order valence-corrected chi connectivity index (χ2v) is 6.03. The quantitative estimate of drug-likeness (QED) is 0.390. The summed E-state index contributed by atoms with van der Waals surface area (Å²) in [7, 11) is 0. The highest BCUT2D eigenvalue weighted by atomic mass is 16.6. The van der Waals surface area contributed by atoms with Crippen LogP contribution in [-0.4, -0.2) is 42.2 Å². The lowest BCUT2D eigenvalue weighted by atomic mass is 10.1. The fraction of sp³-hybridized carbons (Fsp3) is 0.278. The molecule has 3 rings (SSSR count). The molecule has 0 unspecified atom stereocenters. The largest absolute Gasteiger partial charge is 0.363 e. The zero-order valence-electron chi connectivity index (χ0n) is 13.9. The average molecular weight is 339 g/mol. The Labute approximate surface area is 146 Å². The molecule has 0 amide bonds. The molecule has 0 saturated carbocycles. The normalized spacial score (nSPS) is 15.6. The Morgan fingerprint density at radius 3 is 2.48 bits per heavy atom. The number of anilines is 1. The molecule has 0 aromatic heterocycles. The van der Waals surface area contributed by atoms with E-state index in [0.29, 0.717) is 11.3 Å². The molecule has 1 aliphatic heterocycles. The molecule has 2 aromatic rings. The molecule has 1 heterocycles. The first kappa shape index (κ1) is 16.9. The Balaban J connectivity index is 1.69. The minimum absolute atomic E-state index is 0.0916. The van der Waals surface area contributed by atoms with Crippen molar-refractivity contribution in [3.05, 3.63) is 69.8 Å². The lowest BCUT2D eigenvalue weighted by Gasteiger charge is -2.35. The van der Waals surface area contributed by atoms with Gasteiger partial charge in [0.2, 0.25) is 0 Å². The van der Waals surface area contributed by atoms with Crippen LogP contribution in [0.4, 0.5) is 11.4 Å². The van der Waals surface area contributed by atoms with Gasteiger partial charge in [0.15, 0.2) is 0 Å². The maximum absolute atomic E-state index is 11.4. The molecule has 7 heteroatoms. The highest BCUT2D eigenvalue weighted by Crippen LogP contribution is 2.29. The fourth-order valence-electron chi connectivity index (χ4n) is 3.11. The van der Waals surface area contributed by atoms with Crippen molar-refractivity contribution < 1.29 is 4.92 Å². The molecule has 0 spiro atoms. The van der Waals surface area contributed by atoms with E-state index in [2.05, 4.69) is 27.0 Å². The minimum Gasteiger partial charge on any atom is -0.363 e. The molecule has 25 heavy (non-hydrogen) atoms. The topological polar surface area (TPSA) is 88.0 Å². The smallest absolute Gasteiger partial charge is 0.293 e. The zero-order valence-corrected chi connectivity index (χ0v) is 13.9. The Morgan fingerprint density at radius 1 is 1.12 bits per heavy atom. The number of benzene rings is 2. The Kier molecular flexibility index (Phi) is 5.25. The molecule has 1 saturated heterocycles. The van der Waals surface area contributed by atoms with Gasteiger partial charge in [-0.25, -0.2) is 0 Å².